The molecule has 1 aliphatic heterocycles. The SMILES string of the molecule is CCOc1ccc(/C(O)=C2\C(=O)C(=O)N(CCCN(C)C)C2c2cccc(OCc3ccccc3)c2)cc1. The lowest BCUT2D eigenvalue weighted by Gasteiger charge is -2.26. The van der Waals surface area contributed by atoms with Crippen LogP contribution in [-0.4, -0.2) is 60.4 Å². The number of carbonyl (C=O) groups is 2. The average Bonchev–Trinajstić information content (AvgIpc) is 3.18. The molecule has 4 rings (SSSR count). The first-order chi connectivity index (χ1) is 18.4. The Morgan fingerprint density at radius 2 is 1.66 bits per heavy atom. The summed E-state index contributed by atoms with van der Waals surface area (Å²) < 4.78 is 11.5. The Kier molecular flexibility index (Phi) is 8.81. The maximum Gasteiger partial charge on any atom is 0.295 e. The molecule has 1 amide bonds. The number of carbonyl (C=O) groups excluding carboxylic acids is 2. The van der Waals surface area contributed by atoms with Gasteiger partial charge in [-0.3, -0.25) is 9.59 Å². The van der Waals surface area contributed by atoms with Gasteiger partial charge < -0.3 is 24.4 Å². The van der Waals surface area contributed by atoms with E-state index in [0.29, 0.717) is 48.8 Å². The fourth-order valence-corrected chi connectivity index (χ4v) is 4.56. The smallest absolute Gasteiger partial charge is 0.295 e. The second-order valence-corrected chi connectivity index (χ2v) is 9.45. The van der Waals surface area contributed by atoms with Crippen molar-refractivity contribution in [2.75, 3.05) is 33.8 Å². The van der Waals surface area contributed by atoms with Crippen molar-refractivity contribution in [1.82, 2.24) is 9.80 Å². The molecule has 3 aromatic carbocycles. The lowest BCUT2D eigenvalue weighted by atomic mass is 9.95. The summed E-state index contributed by atoms with van der Waals surface area (Å²) in [6.45, 7) is 3.94. The van der Waals surface area contributed by atoms with E-state index in [1.807, 2.05) is 80.5 Å². The molecule has 1 N–H and O–H groups in total. The van der Waals surface area contributed by atoms with Crippen LogP contribution in [0.3, 0.4) is 0 Å². The van der Waals surface area contributed by atoms with Crippen molar-refractivity contribution in [2.24, 2.45) is 0 Å². The Hall–Kier alpha value is -4.10. The standard InChI is InChI=1S/C31H34N2O5/c1-4-37-25-16-14-23(15-17-25)29(34)27-28(33(31(36)30(27)35)19-9-18-32(2)3)24-12-8-13-26(20-24)38-21-22-10-6-5-7-11-22/h5-8,10-17,20,28,34H,4,9,18-19,21H2,1-3H3/b29-27+. The van der Waals surface area contributed by atoms with Gasteiger partial charge in [0.15, 0.2) is 0 Å². The van der Waals surface area contributed by atoms with Crippen molar-refractivity contribution >= 4 is 17.4 Å². The third kappa shape index (κ3) is 6.23. The van der Waals surface area contributed by atoms with Crippen LogP contribution in [0.15, 0.2) is 84.4 Å². The maximum absolute atomic E-state index is 13.3. The van der Waals surface area contributed by atoms with E-state index in [1.165, 1.54) is 0 Å². The molecule has 38 heavy (non-hydrogen) atoms. The van der Waals surface area contributed by atoms with Crippen LogP contribution in [0.5, 0.6) is 11.5 Å². The summed E-state index contributed by atoms with van der Waals surface area (Å²) in [7, 11) is 3.93. The van der Waals surface area contributed by atoms with Crippen molar-refractivity contribution < 1.29 is 24.2 Å². The molecular formula is C31H34N2O5. The highest BCUT2D eigenvalue weighted by Crippen LogP contribution is 2.40. The fourth-order valence-electron chi connectivity index (χ4n) is 4.56. The quantitative estimate of drug-likeness (QED) is 0.220. The molecule has 1 saturated heterocycles. The number of benzene rings is 3. The third-order valence-electron chi connectivity index (χ3n) is 6.41. The first-order valence-electron chi connectivity index (χ1n) is 12.8. The van der Waals surface area contributed by atoms with E-state index in [1.54, 1.807) is 29.2 Å². The molecule has 0 aliphatic carbocycles. The largest absolute Gasteiger partial charge is 0.507 e. The summed E-state index contributed by atoms with van der Waals surface area (Å²) >= 11 is 0. The van der Waals surface area contributed by atoms with Crippen LogP contribution in [0, 0.1) is 0 Å². The Labute approximate surface area is 223 Å². The minimum Gasteiger partial charge on any atom is -0.507 e. The van der Waals surface area contributed by atoms with Crippen LogP contribution in [0.25, 0.3) is 5.76 Å². The Bertz CT molecular complexity index is 1290. The van der Waals surface area contributed by atoms with Gasteiger partial charge in [-0.15, -0.1) is 0 Å². The predicted molar refractivity (Wildman–Crippen MR) is 147 cm³/mol. The van der Waals surface area contributed by atoms with Gasteiger partial charge in [-0.25, -0.2) is 0 Å². The van der Waals surface area contributed by atoms with Crippen LogP contribution >= 0.6 is 0 Å². The number of likely N-dealkylation sites (tertiary alicyclic amines) is 1. The summed E-state index contributed by atoms with van der Waals surface area (Å²) in [5, 5.41) is 11.3. The highest BCUT2D eigenvalue weighted by atomic mass is 16.5. The minimum absolute atomic E-state index is 0.0734. The Balaban J connectivity index is 1.70. The number of hydrogen-bond donors (Lipinski definition) is 1. The number of aliphatic hydroxyl groups is 1. The maximum atomic E-state index is 13.3. The molecule has 0 bridgehead atoms. The number of ketones is 1. The molecule has 7 heteroatoms. The molecule has 1 atom stereocenters. The molecule has 1 aliphatic rings. The summed E-state index contributed by atoms with van der Waals surface area (Å²) in [6.07, 6.45) is 0.684. The van der Waals surface area contributed by atoms with Crippen molar-refractivity contribution in [2.45, 2.75) is 26.0 Å². The van der Waals surface area contributed by atoms with E-state index in [4.69, 9.17) is 9.47 Å². The van der Waals surface area contributed by atoms with Crippen LogP contribution in [0.1, 0.15) is 36.1 Å². The zero-order chi connectivity index (χ0) is 27.1. The van der Waals surface area contributed by atoms with Gasteiger partial charge >= 0.3 is 0 Å². The number of nitrogens with zero attached hydrogens (tertiary/aromatic N) is 2. The number of ether oxygens (including phenoxy) is 2. The first kappa shape index (κ1) is 26.9. The molecule has 1 heterocycles. The summed E-state index contributed by atoms with van der Waals surface area (Å²) in [6, 6.07) is 23.3. The molecule has 1 fully saturated rings. The zero-order valence-electron chi connectivity index (χ0n) is 22.1. The van der Waals surface area contributed by atoms with Crippen molar-refractivity contribution in [3.63, 3.8) is 0 Å². The fraction of sp³-hybridized carbons (Fsp3) is 0.290. The van der Waals surface area contributed by atoms with Gasteiger partial charge in [-0.05, 0) is 81.5 Å². The highest BCUT2D eigenvalue weighted by molar-refractivity contribution is 6.46. The second kappa shape index (κ2) is 12.4. The van der Waals surface area contributed by atoms with Gasteiger partial charge in [-0.2, -0.15) is 0 Å². The third-order valence-corrected chi connectivity index (χ3v) is 6.41. The summed E-state index contributed by atoms with van der Waals surface area (Å²) in [5.41, 5.74) is 2.25. The molecule has 3 aromatic rings. The van der Waals surface area contributed by atoms with Gasteiger partial charge in [0.05, 0.1) is 18.2 Å². The highest BCUT2D eigenvalue weighted by Gasteiger charge is 2.45. The van der Waals surface area contributed by atoms with E-state index < -0.39 is 17.7 Å². The number of rotatable bonds is 11. The summed E-state index contributed by atoms with van der Waals surface area (Å²) in [5.74, 6) is -0.236. The number of aliphatic hydroxyl groups excluding tert-OH is 1. The van der Waals surface area contributed by atoms with Crippen molar-refractivity contribution in [3.8, 4) is 11.5 Å². The molecule has 0 spiro atoms. The van der Waals surface area contributed by atoms with Crippen LogP contribution in [0.2, 0.25) is 0 Å². The van der Waals surface area contributed by atoms with Gasteiger partial charge in [0.2, 0.25) is 0 Å². The first-order valence-corrected chi connectivity index (χ1v) is 12.8. The topological polar surface area (TPSA) is 79.3 Å². The van der Waals surface area contributed by atoms with E-state index in [2.05, 4.69) is 0 Å². The van der Waals surface area contributed by atoms with Crippen LogP contribution in [0.4, 0.5) is 0 Å². The van der Waals surface area contributed by atoms with E-state index in [0.717, 1.165) is 12.1 Å². The van der Waals surface area contributed by atoms with E-state index in [-0.39, 0.29) is 11.3 Å². The number of Topliss-reactive ketones (excluding diaryl/α,β-unsaturated/α-hetero) is 1. The van der Waals surface area contributed by atoms with E-state index in [9.17, 15) is 14.7 Å². The van der Waals surface area contributed by atoms with Gasteiger partial charge in [0.1, 0.15) is 23.9 Å². The van der Waals surface area contributed by atoms with E-state index >= 15 is 0 Å². The van der Waals surface area contributed by atoms with Crippen LogP contribution < -0.4 is 9.47 Å². The average molecular weight is 515 g/mol. The molecule has 0 aromatic heterocycles. The molecule has 0 saturated carbocycles. The van der Waals surface area contributed by atoms with Gasteiger partial charge in [0.25, 0.3) is 11.7 Å². The molecule has 198 valence electrons. The van der Waals surface area contributed by atoms with Crippen molar-refractivity contribution in [1.29, 1.82) is 0 Å². The Morgan fingerprint density at radius 1 is 0.921 bits per heavy atom. The molecule has 0 radical (unpaired) electrons. The van der Waals surface area contributed by atoms with Crippen molar-refractivity contribution in [3.05, 3.63) is 101 Å². The number of hydrogen-bond acceptors (Lipinski definition) is 6. The zero-order valence-corrected chi connectivity index (χ0v) is 22.1. The van der Waals surface area contributed by atoms with Gasteiger partial charge in [-0.1, -0.05) is 42.5 Å². The normalized spacial score (nSPS) is 16.7. The molecular weight excluding hydrogens is 480 g/mol. The monoisotopic (exact) mass is 514 g/mol. The van der Waals surface area contributed by atoms with Gasteiger partial charge in [0, 0.05) is 12.1 Å². The molecule has 7 nitrogen and oxygen atoms in total. The summed E-state index contributed by atoms with van der Waals surface area (Å²) in [4.78, 5) is 30.1. The van der Waals surface area contributed by atoms with Crippen LogP contribution in [-0.2, 0) is 16.2 Å². The lowest BCUT2D eigenvalue weighted by molar-refractivity contribution is -0.139. The lowest BCUT2D eigenvalue weighted by Crippen LogP contribution is -2.32. The predicted octanol–water partition coefficient (Wildman–Crippen LogP) is 5.04. The Morgan fingerprint density at radius 3 is 2.34 bits per heavy atom. The minimum atomic E-state index is -0.732. The number of amides is 1. The second-order valence-electron chi connectivity index (χ2n) is 9.45. The molecule has 1 unspecified atom stereocenters.